The first-order valence-corrected chi connectivity index (χ1v) is 29.9. The summed E-state index contributed by atoms with van der Waals surface area (Å²) in [6.45, 7) is 11.0. The molecule has 2 nitrogen and oxygen atoms in total. The summed E-state index contributed by atoms with van der Waals surface area (Å²) >= 11 is -0.138. The molecule has 0 aliphatic heterocycles. The molecule has 8 rings (SSSR count). The number of hydrogen-bond donors (Lipinski definition) is 0. The molecule has 55 heavy (non-hydrogen) atoms. The van der Waals surface area contributed by atoms with Gasteiger partial charge in [-0.25, -0.2) is 0 Å². The Morgan fingerprint density at radius 1 is 0.709 bits per heavy atom. The van der Waals surface area contributed by atoms with Crippen LogP contribution >= 0.6 is 11.3 Å². The van der Waals surface area contributed by atoms with E-state index in [0.717, 1.165) is 28.1 Å². The number of hydrogen-bond acceptors (Lipinski definition) is 3. The van der Waals surface area contributed by atoms with E-state index in [1.165, 1.54) is 40.9 Å². The van der Waals surface area contributed by atoms with Crippen molar-refractivity contribution in [3.8, 4) is 44.8 Å². The van der Waals surface area contributed by atoms with E-state index in [1.807, 2.05) is 50.5 Å². The van der Waals surface area contributed by atoms with Crippen LogP contribution in [0.15, 0.2) is 140 Å². The molecule has 6 heteroatoms. The van der Waals surface area contributed by atoms with Gasteiger partial charge in [0.1, 0.15) is 0 Å². The van der Waals surface area contributed by atoms with Gasteiger partial charge in [0.25, 0.3) is 0 Å². The number of nitrogens with zero attached hydrogens (tertiary/aromatic N) is 2. The fraction of sp³-hybridized carbons (Fsp3) is 0.184. The number of rotatable bonds is 7. The van der Waals surface area contributed by atoms with E-state index in [-0.39, 0.29) is 55.9 Å². The molecule has 0 fully saturated rings. The van der Waals surface area contributed by atoms with Gasteiger partial charge in [-0.1, -0.05) is 92.1 Å². The fourth-order valence-electron chi connectivity index (χ4n) is 6.31. The summed E-state index contributed by atoms with van der Waals surface area (Å²) in [5, 5.41) is 3.99. The van der Waals surface area contributed by atoms with Crippen LogP contribution in [0.2, 0.25) is 36.9 Å². The van der Waals surface area contributed by atoms with E-state index in [1.54, 1.807) is 29.5 Å². The molecule has 5 aromatic carbocycles. The van der Waals surface area contributed by atoms with Crippen LogP contribution in [0.4, 0.5) is 0 Å². The van der Waals surface area contributed by atoms with Gasteiger partial charge < -0.3 is 4.98 Å². The van der Waals surface area contributed by atoms with E-state index >= 15 is 0 Å². The summed E-state index contributed by atoms with van der Waals surface area (Å²) in [4.78, 5) is 9.19. The monoisotopic (exact) mass is 997 g/mol. The van der Waals surface area contributed by atoms with Gasteiger partial charge in [-0.3, -0.25) is 0 Å². The average Bonchev–Trinajstić information content (AvgIpc) is 3.60. The predicted molar refractivity (Wildman–Crippen MR) is 241 cm³/mol. The molecule has 0 amide bonds. The van der Waals surface area contributed by atoms with Crippen LogP contribution in [0.5, 0.6) is 0 Å². The zero-order valence-electron chi connectivity index (χ0n) is 38.5. The second-order valence-corrected chi connectivity index (χ2v) is 32.6. The van der Waals surface area contributed by atoms with Crippen molar-refractivity contribution in [3.05, 3.63) is 157 Å². The molecule has 0 unspecified atom stereocenters. The zero-order valence-corrected chi connectivity index (χ0v) is 38.8. The number of aromatic nitrogens is 2. The normalized spacial score (nSPS) is 13.4. The third kappa shape index (κ3) is 9.36. The van der Waals surface area contributed by atoms with Gasteiger partial charge in [0, 0.05) is 32.4 Å². The van der Waals surface area contributed by atoms with Crippen molar-refractivity contribution < 1.29 is 28.3 Å². The number of pyridine rings is 2. The summed E-state index contributed by atoms with van der Waals surface area (Å²) in [5.74, 6) is 6.26. The Hall–Kier alpha value is -3.97. The summed E-state index contributed by atoms with van der Waals surface area (Å²) < 4.78 is 51.9. The first kappa shape index (κ1) is 33.2. The van der Waals surface area contributed by atoms with Crippen molar-refractivity contribution >= 4 is 62.4 Å². The second-order valence-electron chi connectivity index (χ2n) is 15.8. The minimum atomic E-state index is -1.94. The molecule has 0 N–H and O–H groups in total. The minimum absolute atomic E-state index is 0. The van der Waals surface area contributed by atoms with Gasteiger partial charge in [0.2, 0.25) is 0 Å². The third-order valence-corrected chi connectivity index (χ3v) is 17.1. The Morgan fingerprint density at radius 3 is 2.09 bits per heavy atom. The van der Waals surface area contributed by atoms with Crippen LogP contribution in [0.1, 0.15) is 33.5 Å². The standard InChI is InChI=1S/C29H28NSSi.C20H20GeN.Ir/c1-19(2)21-15-16-30-27(17-21)26-8-6-7-25-24-14-11-22(18-28(24)31-29(25)26)20-9-12-23(13-10-20)32(3,4)5;1-21(2,3)19-12-13-20(22-15-19)18-11-7-10-17(14-18)16-8-5-4-6-9-16;/h6-7,9-19H,1-5H3;4-10,12-15H,1-3H3;/q2*-1;/i19D;4D,5D,6D,8D,9D;. The molecule has 0 aliphatic rings. The van der Waals surface area contributed by atoms with Gasteiger partial charge in [0.15, 0.2) is 0 Å². The maximum absolute atomic E-state index is 8.40. The van der Waals surface area contributed by atoms with Crippen LogP contribution in [-0.2, 0) is 20.1 Å². The van der Waals surface area contributed by atoms with Gasteiger partial charge in [-0.05, 0) is 44.9 Å². The Labute approximate surface area is 357 Å². The smallest absolute Gasteiger partial charge is 0 e. The van der Waals surface area contributed by atoms with Crippen LogP contribution in [-0.4, -0.2) is 31.3 Å². The van der Waals surface area contributed by atoms with Crippen molar-refractivity contribution in [2.45, 2.75) is 56.7 Å². The van der Waals surface area contributed by atoms with Gasteiger partial charge in [-0.15, -0.1) is 23.8 Å². The van der Waals surface area contributed by atoms with E-state index in [4.69, 9.17) is 8.22 Å². The quantitative estimate of drug-likeness (QED) is 0.117. The molecular weight excluding hydrogens is 942 g/mol. The van der Waals surface area contributed by atoms with Crippen LogP contribution in [0.25, 0.3) is 64.9 Å². The molecule has 3 heterocycles. The van der Waals surface area contributed by atoms with Crippen molar-refractivity contribution in [1.29, 1.82) is 0 Å². The fourth-order valence-corrected chi connectivity index (χ4v) is 10.9. The Morgan fingerprint density at radius 2 is 1.42 bits per heavy atom. The van der Waals surface area contributed by atoms with Crippen LogP contribution in [0.3, 0.4) is 0 Å². The molecule has 0 atom stereocenters. The molecular formula is C49H48GeIrN2SSi-2. The van der Waals surface area contributed by atoms with Crippen LogP contribution in [0, 0.1) is 12.1 Å². The molecule has 8 aromatic rings. The maximum Gasteiger partial charge on any atom is 0 e. The number of thiophene rings is 1. The molecule has 0 saturated heterocycles. The molecule has 0 aliphatic carbocycles. The molecule has 1 radical (unpaired) electrons. The van der Waals surface area contributed by atoms with Gasteiger partial charge in [-0.2, -0.15) is 11.3 Å². The minimum Gasteiger partial charge on any atom is 0 e. The molecule has 0 saturated carbocycles. The third-order valence-electron chi connectivity index (χ3n) is 9.61. The SMILES string of the molecule is [2H]C(C)(C)c1ccnc(-c2[c-]ccc3c2sc2cc(-c4ccc([Si](C)(C)C)cc4)ccc23)c1.[2H]c1c([2H])c([2H])c(-c2cc[c-]c(-c3cc[c]([Ge]([CH3])([CH3])[CH3])cn3)c2)c([2H])c1[2H].[Ir]. The number of fused-ring (bicyclic) bond motifs is 3. The summed E-state index contributed by atoms with van der Waals surface area (Å²) in [6.07, 6.45) is 3.73. The Bertz CT molecular complexity index is 2850. The average molecular weight is 996 g/mol. The maximum atomic E-state index is 8.40. The molecule has 0 bridgehead atoms. The van der Waals surface area contributed by atoms with Gasteiger partial charge >= 0.3 is 142 Å². The summed E-state index contributed by atoms with van der Waals surface area (Å²) in [7, 11) is -1.30. The molecule has 279 valence electrons. The van der Waals surface area contributed by atoms with Crippen molar-refractivity contribution in [2.75, 3.05) is 0 Å². The van der Waals surface area contributed by atoms with E-state index < -0.39 is 27.2 Å². The largest absolute Gasteiger partial charge is 0 e. The van der Waals surface area contributed by atoms with Crippen molar-refractivity contribution in [1.82, 2.24) is 9.97 Å². The summed E-state index contributed by atoms with van der Waals surface area (Å²) in [6, 6.07) is 38.4. The van der Waals surface area contributed by atoms with Gasteiger partial charge in [0.05, 0.1) is 8.07 Å². The zero-order chi connectivity index (χ0) is 43.3. The predicted octanol–water partition coefficient (Wildman–Crippen LogP) is 13.0. The van der Waals surface area contributed by atoms with Crippen molar-refractivity contribution in [3.63, 3.8) is 0 Å². The summed E-state index contributed by atoms with van der Waals surface area (Å²) in [5.41, 5.74) is 7.59. The Kier molecular flexibility index (Phi) is 10.3. The van der Waals surface area contributed by atoms with E-state index in [0.29, 0.717) is 5.56 Å². The van der Waals surface area contributed by atoms with E-state index in [9.17, 15) is 0 Å². The first-order valence-electron chi connectivity index (χ1n) is 21.2. The van der Waals surface area contributed by atoms with E-state index in [2.05, 4.69) is 114 Å². The number of benzene rings is 5. The Balaban J connectivity index is 0.000000205. The molecule has 0 spiro atoms. The van der Waals surface area contributed by atoms with Crippen molar-refractivity contribution in [2.24, 2.45) is 0 Å². The topological polar surface area (TPSA) is 25.8 Å². The first-order chi connectivity index (χ1) is 28.2. The molecule has 3 aromatic heterocycles. The second kappa shape index (κ2) is 17.0. The van der Waals surface area contributed by atoms with Crippen LogP contribution < -0.4 is 9.58 Å².